The van der Waals surface area contributed by atoms with Crippen molar-refractivity contribution in [1.82, 2.24) is 0 Å². The molecule has 1 rings (SSSR count). The third-order valence-corrected chi connectivity index (χ3v) is 2.22. The fourth-order valence-corrected chi connectivity index (χ4v) is 1.47. The smallest absolute Gasteiger partial charge is 0.112 e. The Labute approximate surface area is 70.2 Å². The SMILES string of the molecule is COC1C(O)CC(O)C(O)C1O. The van der Waals surface area contributed by atoms with Crippen LogP contribution >= 0.6 is 0 Å². The Bertz CT molecular complexity index is 151. The van der Waals surface area contributed by atoms with Crippen LogP contribution in [-0.2, 0) is 4.74 Å². The van der Waals surface area contributed by atoms with Crippen LogP contribution in [0.4, 0.5) is 0 Å². The van der Waals surface area contributed by atoms with Crippen molar-refractivity contribution in [1.29, 1.82) is 0 Å². The highest BCUT2D eigenvalue weighted by atomic mass is 16.5. The van der Waals surface area contributed by atoms with E-state index in [1.165, 1.54) is 7.11 Å². The number of hydrogen-bond donors (Lipinski definition) is 4. The zero-order valence-electron chi connectivity index (χ0n) is 6.79. The summed E-state index contributed by atoms with van der Waals surface area (Å²) in [4.78, 5) is 0. The van der Waals surface area contributed by atoms with Gasteiger partial charge in [0.25, 0.3) is 0 Å². The van der Waals surface area contributed by atoms with Gasteiger partial charge in [-0.25, -0.2) is 0 Å². The van der Waals surface area contributed by atoms with E-state index in [0.717, 1.165) is 0 Å². The van der Waals surface area contributed by atoms with E-state index in [4.69, 9.17) is 9.84 Å². The van der Waals surface area contributed by atoms with Crippen LogP contribution in [0.3, 0.4) is 0 Å². The Kier molecular flexibility index (Phi) is 3.03. The Morgan fingerprint density at radius 3 is 2.08 bits per heavy atom. The zero-order chi connectivity index (χ0) is 9.30. The second-order valence-corrected chi connectivity index (χ2v) is 3.05. The molecule has 5 nitrogen and oxygen atoms in total. The third kappa shape index (κ3) is 1.60. The molecular formula is C7H14O5. The minimum Gasteiger partial charge on any atom is -0.390 e. The molecule has 0 aromatic carbocycles. The van der Waals surface area contributed by atoms with Gasteiger partial charge in [-0.2, -0.15) is 0 Å². The summed E-state index contributed by atoms with van der Waals surface area (Å²) in [5.41, 5.74) is 0. The highest BCUT2D eigenvalue weighted by Gasteiger charge is 2.42. The maximum absolute atomic E-state index is 9.28. The lowest BCUT2D eigenvalue weighted by Gasteiger charge is -2.37. The van der Waals surface area contributed by atoms with Gasteiger partial charge in [-0.3, -0.25) is 0 Å². The number of hydrogen-bond acceptors (Lipinski definition) is 5. The van der Waals surface area contributed by atoms with E-state index in [9.17, 15) is 15.3 Å². The number of rotatable bonds is 1. The van der Waals surface area contributed by atoms with Gasteiger partial charge in [-0.05, 0) is 0 Å². The molecule has 4 N–H and O–H groups in total. The summed E-state index contributed by atoms with van der Waals surface area (Å²) >= 11 is 0. The predicted molar refractivity (Wildman–Crippen MR) is 39.4 cm³/mol. The van der Waals surface area contributed by atoms with Gasteiger partial charge >= 0.3 is 0 Å². The van der Waals surface area contributed by atoms with Crippen LogP contribution in [0.15, 0.2) is 0 Å². The first-order chi connectivity index (χ1) is 5.57. The van der Waals surface area contributed by atoms with Crippen molar-refractivity contribution in [2.45, 2.75) is 36.9 Å². The molecule has 0 aliphatic heterocycles. The minimum absolute atomic E-state index is 0.0245. The third-order valence-electron chi connectivity index (χ3n) is 2.22. The van der Waals surface area contributed by atoms with Crippen LogP contribution in [-0.4, -0.2) is 58.1 Å². The van der Waals surface area contributed by atoms with Crippen molar-refractivity contribution in [3.05, 3.63) is 0 Å². The molecule has 5 heteroatoms. The first-order valence-corrected chi connectivity index (χ1v) is 3.83. The van der Waals surface area contributed by atoms with Crippen LogP contribution in [0.2, 0.25) is 0 Å². The number of methoxy groups -OCH3 is 1. The molecule has 5 unspecified atom stereocenters. The number of aliphatic hydroxyl groups is 4. The Balaban J connectivity index is 2.65. The van der Waals surface area contributed by atoms with Gasteiger partial charge in [0.05, 0.1) is 12.2 Å². The van der Waals surface area contributed by atoms with Crippen LogP contribution in [0.5, 0.6) is 0 Å². The summed E-state index contributed by atoms with van der Waals surface area (Å²) in [7, 11) is 1.33. The van der Waals surface area contributed by atoms with Gasteiger partial charge in [0, 0.05) is 13.5 Å². The van der Waals surface area contributed by atoms with Crippen molar-refractivity contribution in [3.63, 3.8) is 0 Å². The highest BCUT2D eigenvalue weighted by molar-refractivity contribution is 4.93. The standard InChI is InChI=1S/C7H14O5/c1-12-7-4(9)2-3(8)5(10)6(7)11/h3-11H,2H2,1H3. The lowest BCUT2D eigenvalue weighted by atomic mass is 9.87. The molecule has 0 amide bonds. The molecule has 0 saturated heterocycles. The summed E-state index contributed by atoms with van der Waals surface area (Å²) in [5, 5.41) is 36.8. The molecule has 1 fully saturated rings. The lowest BCUT2D eigenvalue weighted by Crippen LogP contribution is -2.56. The van der Waals surface area contributed by atoms with E-state index < -0.39 is 30.5 Å². The van der Waals surface area contributed by atoms with Gasteiger partial charge in [0.2, 0.25) is 0 Å². The molecule has 1 aliphatic carbocycles. The fraction of sp³-hybridized carbons (Fsp3) is 1.00. The lowest BCUT2D eigenvalue weighted by molar-refractivity contribution is -0.185. The predicted octanol–water partition coefficient (Wildman–Crippen LogP) is -2.15. The molecule has 12 heavy (non-hydrogen) atoms. The Morgan fingerprint density at radius 2 is 1.58 bits per heavy atom. The molecule has 1 saturated carbocycles. The minimum atomic E-state index is -1.24. The number of aliphatic hydroxyl groups excluding tert-OH is 4. The van der Waals surface area contributed by atoms with Crippen molar-refractivity contribution in [2.24, 2.45) is 0 Å². The Hall–Kier alpha value is -0.200. The molecular weight excluding hydrogens is 164 g/mol. The van der Waals surface area contributed by atoms with Crippen molar-refractivity contribution in [3.8, 4) is 0 Å². The molecule has 5 atom stereocenters. The first kappa shape index (κ1) is 9.88. The quantitative estimate of drug-likeness (QED) is 0.367. The largest absolute Gasteiger partial charge is 0.390 e. The molecule has 1 aliphatic rings. The molecule has 0 spiro atoms. The van der Waals surface area contributed by atoms with Crippen LogP contribution < -0.4 is 0 Å². The summed E-state index contributed by atoms with van der Waals surface area (Å²) < 4.78 is 4.76. The van der Waals surface area contributed by atoms with E-state index in [1.807, 2.05) is 0 Å². The van der Waals surface area contributed by atoms with Gasteiger partial charge < -0.3 is 25.2 Å². The summed E-state index contributed by atoms with van der Waals surface area (Å²) in [6.45, 7) is 0. The monoisotopic (exact) mass is 178 g/mol. The van der Waals surface area contributed by atoms with Crippen LogP contribution in [0, 0.1) is 0 Å². The van der Waals surface area contributed by atoms with Crippen LogP contribution in [0.1, 0.15) is 6.42 Å². The molecule has 0 radical (unpaired) electrons. The molecule has 0 heterocycles. The molecule has 0 bridgehead atoms. The average Bonchev–Trinajstić information content (AvgIpc) is 2.01. The van der Waals surface area contributed by atoms with Crippen molar-refractivity contribution >= 4 is 0 Å². The average molecular weight is 178 g/mol. The van der Waals surface area contributed by atoms with Crippen molar-refractivity contribution in [2.75, 3.05) is 7.11 Å². The fourth-order valence-electron chi connectivity index (χ4n) is 1.47. The highest BCUT2D eigenvalue weighted by Crippen LogP contribution is 2.22. The number of ether oxygens (including phenoxy) is 1. The van der Waals surface area contributed by atoms with E-state index in [-0.39, 0.29) is 6.42 Å². The van der Waals surface area contributed by atoms with E-state index in [0.29, 0.717) is 0 Å². The van der Waals surface area contributed by atoms with Gasteiger partial charge in [0.1, 0.15) is 18.3 Å². The topological polar surface area (TPSA) is 90.2 Å². The maximum atomic E-state index is 9.28. The van der Waals surface area contributed by atoms with Crippen molar-refractivity contribution < 1.29 is 25.2 Å². The molecule has 0 aromatic rings. The van der Waals surface area contributed by atoms with Gasteiger partial charge in [-0.15, -0.1) is 0 Å². The van der Waals surface area contributed by atoms with Gasteiger partial charge in [0.15, 0.2) is 0 Å². The first-order valence-electron chi connectivity index (χ1n) is 3.83. The van der Waals surface area contributed by atoms with Gasteiger partial charge in [-0.1, -0.05) is 0 Å². The normalized spacial score (nSPS) is 49.2. The summed E-state index contributed by atoms with van der Waals surface area (Å²) in [5.74, 6) is 0. The maximum Gasteiger partial charge on any atom is 0.112 e. The summed E-state index contributed by atoms with van der Waals surface area (Å²) in [6.07, 6.45) is -5.27. The summed E-state index contributed by atoms with van der Waals surface area (Å²) in [6, 6.07) is 0. The van der Waals surface area contributed by atoms with E-state index in [1.54, 1.807) is 0 Å². The van der Waals surface area contributed by atoms with Crippen LogP contribution in [0.25, 0.3) is 0 Å². The van der Waals surface area contributed by atoms with E-state index >= 15 is 0 Å². The Morgan fingerprint density at radius 1 is 1.00 bits per heavy atom. The molecule has 72 valence electrons. The van der Waals surface area contributed by atoms with E-state index in [2.05, 4.69) is 0 Å². The second kappa shape index (κ2) is 3.68. The second-order valence-electron chi connectivity index (χ2n) is 3.05. The molecule has 0 aromatic heterocycles. The zero-order valence-corrected chi connectivity index (χ0v) is 6.79.